The van der Waals surface area contributed by atoms with Crippen LogP contribution in [0, 0.1) is 13.8 Å². The Morgan fingerprint density at radius 2 is 1.56 bits per heavy atom. The van der Waals surface area contributed by atoms with Crippen LogP contribution in [0.4, 0.5) is 5.69 Å². The summed E-state index contributed by atoms with van der Waals surface area (Å²) in [7, 11) is -4.20. The van der Waals surface area contributed by atoms with Crippen molar-refractivity contribution < 1.29 is 18.0 Å². The van der Waals surface area contributed by atoms with Gasteiger partial charge in [-0.2, -0.15) is 0 Å². The van der Waals surface area contributed by atoms with Gasteiger partial charge in [0.05, 0.1) is 10.6 Å². The van der Waals surface area contributed by atoms with Gasteiger partial charge in [0.15, 0.2) is 0 Å². The van der Waals surface area contributed by atoms with Crippen LogP contribution in [0.2, 0.25) is 10.0 Å². The molecular formula is C29H33Cl2N3O4S. The van der Waals surface area contributed by atoms with Gasteiger partial charge in [0.1, 0.15) is 12.6 Å². The van der Waals surface area contributed by atoms with Gasteiger partial charge in [-0.25, -0.2) is 8.42 Å². The van der Waals surface area contributed by atoms with E-state index in [1.54, 1.807) is 19.1 Å². The van der Waals surface area contributed by atoms with Gasteiger partial charge in [0.2, 0.25) is 11.8 Å². The van der Waals surface area contributed by atoms with Crippen molar-refractivity contribution in [2.24, 2.45) is 0 Å². The van der Waals surface area contributed by atoms with E-state index in [0.717, 1.165) is 27.4 Å². The number of halogens is 2. The predicted octanol–water partition coefficient (Wildman–Crippen LogP) is 5.75. The van der Waals surface area contributed by atoms with Crippen LogP contribution in [-0.2, 0) is 26.2 Å². The first-order chi connectivity index (χ1) is 18.4. The van der Waals surface area contributed by atoms with Gasteiger partial charge in [-0.1, -0.05) is 77.7 Å². The molecule has 0 radical (unpaired) electrons. The Hall–Kier alpha value is -3.07. The molecule has 0 aliphatic heterocycles. The largest absolute Gasteiger partial charge is 0.354 e. The molecule has 0 spiro atoms. The fourth-order valence-corrected chi connectivity index (χ4v) is 5.95. The normalized spacial score (nSPS) is 12.1. The van der Waals surface area contributed by atoms with E-state index in [2.05, 4.69) is 5.32 Å². The zero-order chi connectivity index (χ0) is 28.7. The number of nitrogens with zero attached hydrogens (tertiary/aromatic N) is 2. The molecule has 0 heterocycles. The maximum Gasteiger partial charge on any atom is 0.264 e. The number of aryl methyl sites for hydroxylation is 2. The van der Waals surface area contributed by atoms with Crippen molar-refractivity contribution in [3.8, 4) is 0 Å². The Bertz CT molecular complexity index is 1410. The van der Waals surface area contributed by atoms with E-state index in [1.165, 1.54) is 35.2 Å². The number of nitrogens with one attached hydrogen (secondary N) is 1. The molecule has 0 aliphatic rings. The highest BCUT2D eigenvalue weighted by Crippen LogP contribution is 2.30. The summed E-state index contributed by atoms with van der Waals surface area (Å²) in [6, 6.07) is 17.4. The lowest BCUT2D eigenvalue weighted by atomic mass is 10.1. The molecular weight excluding hydrogens is 557 g/mol. The second kappa shape index (κ2) is 13.3. The van der Waals surface area contributed by atoms with Crippen LogP contribution in [0.5, 0.6) is 0 Å². The molecule has 0 saturated carbocycles. The maximum absolute atomic E-state index is 13.9. The first kappa shape index (κ1) is 30.5. The molecule has 0 aromatic heterocycles. The van der Waals surface area contributed by atoms with Gasteiger partial charge in [0, 0.05) is 23.1 Å². The summed E-state index contributed by atoms with van der Waals surface area (Å²) in [5, 5.41) is 3.27. The van der Waals surface area contributed by atoms with Gasteiger partial charge in [-0.05, 0) is 63.1 Å². The number of hydrogen-bond donors (Lipinski definition) is 1. The second-order valence-corrected chi connectivity index (χ2v) is 12.2. The summed E-state index contributed by atoms with van der Waals surface area (Å²) in [5.41, 5.74) is 2.84. The molecule has 0 unspecified atom stereocenters. The van der Waals surface area contributed by atoms with Gasteiger partial charge in [0.25, 0.3) is 10.0 Å². The number of sulfonamides is 1. The van der Waals surface area contributed by atoms with E-state index in [0.29, 0.717) is 6.54 Å². The molecule has 7 nitrogen and oxygen atoms in total. The van der Waals surface area contributed by atoms with Gasteiger partial charge < -0.3 is 10.2 Å². The molecule has 0 fully saturated rings. The van der Waals surface area contributed by atoms with Crippen molar-refractivity contribution in [1.29, 1.82) is 0 Å². The molecule has 1 N–H and O–H groups in total. The molecule has 1 atom stereocenters. The minimum atomic E-state index is -4.20. The lowest BCUT2D eigenvalue weighted by molar-refractivity contribution is -0.139. The summed E-state index contributed by atoms with van der Waals surface area (Å²) < 4.78 is 28.7. The van der Waals surface area contributed by atoms with Crippen LogP contribution in [0.3, 0.4) is 0 Å². The summed E-state index contributed by atoms with van der Waals surface area (Å²) in [6.45, 7) is 7.37. The molecule has 0 bridgehead atoms. The highest BCUT2D eigenvalue weighted by atomic mass is 35.5. The third-order valence-electron chi connectivity index (χ3n) is 6.18. The van der Waals surface area contributed by atoms with E-state index >= 15 is 0 Å². The molecule has 3 rings (SSSR count). The fraction of sp³-hybridized carbons (Fsp3) is 0.310. The van der Waals surface area contributed by atoms with Crippen molar-refractivity contribution in [3.63, 3.8) is 0 Å². The van der Waals surface area contributed by atoms with E-state index in [9.17, 15) is 18.0 Å². The van der Waals surface area contributed by atoms with Crippen molar-refractivity contribution in [2.75, 3.05) is 17.4 Å². The third kappa shape index (κ3) is 7.97. The number of carbonyl (C=O) groups is 2. The van der Waals surface area contributed by atoms with Gasteiger partial charge in [-0.15, -0.1) is 0 Å². The second-order valence-electron chi connectivity index (χ2n) is 9.43. The van der Waals surface area contributed by atoms with Crippen molar-refractivity contribution in [1.82, 2.24) is 10.2 Å². The summed E-state index contributed by atoms with van der Waals surface area (Å²) in [4.78, 5) is 28.2. The smallest absolute Gasteiger partial charge is 0.264 e. The number of rotatable bonds is 11. The van der Waals surface area contributed by atoms with Crippen molar-refractivity contribution >= 4 is 50.7 Å². The van der Waals surface area contributed by atoms with Crippen LogP contribution in [0.1, 0.15) is 37.0 Å². The Kier molecular flexibility index (Phi) is 10.4. The van der Waals surface area contributed by atoms with E-state index in [-0.39, 0.29) is 33.1 Å². The number of amides is 2. The van der Waals surface area contributed by atoms with Gasteiger partial charge in [-0.3, -0.25) is 13.9 Å². The molecule has 0 saturated heterocycles. The van der Waals surface area contributed by atoms with Crippen LogP contribution < -0.4 is 9.62 Å². The average Bonchev–Trinajstić information content (AvgIpc) is 2.88. The van der Waals surface area contributed by atoms with Crippen LogP contribution in [-0.4, -0.2) is 44.3 Å². The van der Waals surface area contributed by atoms with Crippen molar-refractivity contribution in [2.45, 2.75) is 51.6 Å². The summed E-state index contributed by atoms with van der Waals surface area (Å²) in [5.74, 6) is -0.876. The summed E-state index contributed by atoms with van der Waals surface area (Å²) in [6.07, 6.45) is 0.738. The number of anilines is 1. The molecule has 208 valence electrons. The summed E-state index contributed by atoms with van der Waals surface area (Å²) >= 11 is 12.4. The van der Waals surface area contributed by atoms with Crippen LogP contribution in [0.25, 0.3) is 0 Å². The van der Waals surface area contributed by atoms with Gasteiger partial charge >= 0.3 is 0 Å². The topological polar surface area (TPSA) is 86.8 Å². The first-order valence-electron chi connectivity index (χ1n) is 12.6. The van der Waals surface area contributed by atoms with Crippen molar-refractivity contribution in [3.05, 3.63) is 93.5 Å². The molecule has 39 heavy (non-hydrogen) atoms. The molecule has 3 aromatic carbocycles. The highest BCUT2D eigenvalue weighted by molar-refractivity contribution is 7.92. The maximum atomic E-state index is 13.9. The Labute approximate surface area is 240 Å². The standard InChI is InChI=1S/C29H33Cl2N3O4S/c1-5-13-32-29(36)22(4)33(18-23-8-6-7-21(3)14-23)28(35)19-34(26-16-24(30)15-25(31)17-26)39(37,38)27-11-9-20(2)10-12-27/h6-12,14-17,22H,5,13,18-19H2,1-4H3,(H,32,36)/t22-/m0/s1. The number of benzene rings is 3. The van der Waals surface area contributed by atoms with E-state index in [1.807, 2.05) is 45.0 Å². The molecule has 3 aromatic rings. The number of hydrogen-bond acceptors (Lipinski definition) is 4. The zero-order valence-corrected chi connectivity index (χ0v) is 24.8. The molecule has 10 heteroatoms. The number of carbonyl (C=O) groups excluding carboxylic acids is 2. The minimum absolute atomic E-state index is 0.0102. The monoisotopic (exact) mass is 589 g/mol. The Morgan fingerprint density at radius 1 is 0.923 bits per heavy atom. The predicted molar refractivity (Wildman–Crippen MR) is 157 cm³/mol. The Balaban J connectivity index is 2.05. The van der Waals surface area contributed by atoms with Crippen LogP contribution in [0.15, 0.2) is 71.6 Å². The molecule has 0 aliphatic carbocycles. The Morgan fingerprint density at radius 3 is 2.15 bits per heavy atom. The van der Waals surface area contributed by atoms with Crippen LogP contribution >= 0.6 is 23.2 Å². The lowest BCUT2D eigenvalue weighted by Crippen LogP contribution is -2.51. The fourth-order valence-electron chi connectivity index (χ4n) is 4.04. The highest BCUT2D eigenvalue weighted by Gasteiger charge is 2.32. The SMILES string of the molecule is CCCNC(=O)[C@H](C)N(Cc1cccc(C)c1)C(=O)CN(c1cc(Cl)cc(Cl)c1)S(=O)(=O)c1ccc(C)cc1. The zero-order valence-electron chi connectivity index (χ0n) is 22.4. The molecule has 2 amide bonds. The lowest BCUT2D eigenvalue weighted by Gasteiger charge is -2.32. The minimum Gasteiger partial charge on any atom is -0.354 e. The third-order valence-corrected chi connectivity index (χ3v) is 8.40. The van der Waals surface area contributed by atoms with E-state index < -0.39 is 28.5 Å². The van der Waals surface area contributed by atoms with E-state index in [4.69, 9.17) is 23.2 Å². The quantitative estimate of drug-likeness (QED) is 0.308. The first-order valence-corrected chi connectivity index (χ1v) is 14.8. The average molecular weight is 591 g/mol.